The zero-order valence-electron chi connectivity index (χ0n) is 9.94. The molecule has 0 aliphatic heterocycles. The number of nitriles is 1. The summed E-state index contributed by atoms with van der Waals surface area (Å²) in [5.41, 5.74) is 0.745. The van der Waals surface area contributed by atoms with Gasteiger partial charge in [-0.2, -0.15) is 5.26 Å². The SMILES string of the molecule is COCCNC(=O)/C(C#N)=C/c1cccc(Cl)c1. The Morgan fingerprint density at radius 2 is 2.39 bits per heavy atom. The normalized spacial score (nSPS) is 10.8. The number of rotatable bonds is 5. The molecule has 0 saturated heterocycles. The van der Waals surface area contributed by atoms with Crippen LogP contribution in [0.2, 0.25) is 5.02 Å². The van der Waals surface area contributed by atoms with Crippen LogP contribution in [0.25, 0.3) is 6.08 Å². The number of hydrogen-bond acceptors (Lipinski definition) is 3. The smallest absolute Gasteiger partial charge is 0.262 e. The van der Waals surface area contributed by atoms with Gasteiger partial charge in [-0.1, -0.05) is 23.7 Å². The number of hydrogen-bond donors (Lipinski definition) is 1. The fraction of sp³-hybridized carbons (Fsp3) is 0.231. The molecule has 4 nitrogen and oxygen atoms in total. The third kappa shape index (κ3) is 4.58. The minimum absolute atomic E-state index is 0.0355. The molecule has 0 bridgehead atoms. The van der Waals surface area contributed by atoms with Crippen LogP contribution in [0.3, 0.4) is 0 Å². The average molecular weight is 265 g/mol. The molecular formula is C13H13ClN2O2. The zero-order chi connectivity index (χ0) is 13.4. The number of methoxy groups -OCH3 is 1. The Bertz CT molecular complexity index is 492. The fourth-order valence-electron chi connectivity index (χ4n) is 1.27. The summed E-state index contributed by atoms with van der Waals surface area (Å²) in [5.74, 6) is -0.422. The van der Waals surface area contributed by atoms with Gasteiger partial charge in [-0.25, -0.2) is 0 Å². The average Bonchev–Trinajstić information content (AvgIpc) is 2.36. The van der Waals surface area contributed by atoms with Crippen molar-refractivity contribution in [3.63, 3.8) is 0 Å². The summed E-state index contributed by atoms with van der Waals surface area (Å²) in [7, 11) is 1.54. The van der Waals surface area contributed by atoms with E-state index in [4.69, 9.17) is 21.6 Å². The summed E-state index contributed by atoms with van der Waals surface area (Å²) in [6.45, 7) is 0.769. The lowest BCUT2D eigenvalue weighted by atomic mass is 10.1. The standard InChI is InChI=1S/C13H13ClN2O2/c1-18-6-5-16-13(17)11(9-15)7-10-3-2-4-12(14)8-10/h2-4,7-8H,5-6H2,1H3,(H,16,17)/b11-7+. The van der Waals surface area contributed by atoms with Crippen LogP contribution >= 0.6 is 11.6 Å². The van der Waals surface area contributed by atoms with Crippen molar-refractivity contribution < 1.29 is 9.53 Å². The number of carbonyl (C=O) groups is 1. The minimum atomic E-state index is -0.422. The Hall–Kier alpha value is -1.83. The highest BCUT2D eigenvalue weighted by Crippen LogP contribution is 2.13. The lowest BCUT2D eigenvalue weighted by Crippen LogP contribution is -2.27. The van der Waals surface area contributed by atoms with Crippen LogP contribution in [0.1, 0.15) is 5.56 Å². The second kappa shape index (κ2) is 7.49. The lowest BCUT2D eigenvalue weighted by molar-refractivity contribution is -0.117. The van der Waals surface area contributed by atoms with Crippen molar-refractivity contribution in [2.75, 3.05) is 20.3 Å². The zero-order valence-corrected chi connectivity index (χ0v) is 10.7. The van der Waals surface area contributed by atoms with Crippen LogP contribution in [0.15, 0.2) is 29.8 Å². The number of carbonyl (C=O) groups excluding carboxylic acids is 1. The molecule has 1 N–H and O–H groups in total. The van der Waals surface area contributed by atoms with E-state index in [1.165, 1.54) is 6.08 Å². The van der Waals surface area contributed by atoms with E-state index in [9.17, 15) is 4.79 Å². The van der Waals surface area contributed by atoms with Gasteiger partial charge in [0.15, 0.2) is 0 Å². The molecule has 0 radical (unpaired) electrons. The molecule has 0 unspecified atom stereocenters. The van der Waals surface area contributed by atoms with Crippen molar-refractivity contribution in [3.8, 4) is 6.07 Å². The predicted octanol–water partition coefficient (Wildman–Crippen LogP) is 2.01. The van der Waals surface area contributed by atoms with Crippen LogP contribution in [0.4, 0.5) is 0 Å². The largest absolute Gasteiger partial charge is 0.383 e. The second-order valence-corrected chi connectivity index (χ2v) is 3.91. The Kier molecular flexibility index (Phi) is 5.92. The molecule has 0 atom stereocenters. The lowest BCUT2D eigenvalue weighted by Gasteiger charge is -2.03. The van der Waals surface area contributed by atoms with Crippen molar-refractivity contribution in [3.05, 3.63) is 40.4 Å². The Morgan fingerprint density at radius 3 is 3.00 bits per heavy atom. The number of benzene rings is 1. The van der Waals surface area contributed by atoms with Gasteiger partial charge in [-0.15, -0.1) is 0 Å². The maximum atomic E-state index is 11.6. The second-order valence-electron chi connectivity index (χ2n) is 3.47. The van der Waals surface area contributed by atoms with E-state index in [1.54, 1.807) is 31.4 Å². The Morgan fingerprint density at radius 1 is 1.61 bits per heavy atom. The third-order valence-corrected chi connectivity index (χ3v) is 2.35. The van der Waals surface area contributed by atoms with Crippen molar-refractivity contribution in [1.29, 1.82) is 5.26 Å². The Labute approximate surface area is 111 Å². The van der Waals surface area contributed by atoms with Crippen LogP contribution in [-0.2, 0) is 9.53 Å². The molecule has 94 valence electrons. The molecule has 0 aromatic heterocycles. The predicted molar refractivity (Wildman–Crippen MR) is 69.9 cm³/mol. The molecule has 0 fully saturated rings. The van der Waals surface area contributed by atoms with E-state index >= 15 is 0 Å². The molecular weight excluding hydrogens is 252 g/mol. The summed E-state index contributed by atoms with van der Waals surface area (Å²) in [6, 6.07) is 8.79. The van der Waals surface area contributed by atoms with Crippen molar-refractivity contribution in [1.82, 2.24) is 5.32 Å². The number of amides is 1. The van der Waals surface area contributed by atoms with Crippen molar-refractivity contribution in [2.45, 2.75) is 0 Å². The van der Waals surface area contributed by atoms with Crippen LogP contribution < -0.4 is 5.32 Å². The first-order valence-electron chi connectivity index (χ1n) is 5.32. The fourth-order valence-corrected chi connectivity index (χ4v) is 1.47. The molecule has 1 aromatic rings. The van der Waals surface area contributed by atoms with E-state index in [-0.39, 0.29) is 5.57 Å². The molecule has 1 aromatic carbocycles. The monoisotopic (exact) mass is 264 g/mol. The first-order chi connectivity index (χ1) is 8.67. The molecule has 0 spiro atoms. The van der Waals surface area contributed by atoms with Crippen LogP contribution in [-0.4, -0.2) is 26.2 Å². The van der Waals surface area contributed by atoms with Gasteiger partial charge in [0.2, 0.25) is 0 Å². The number of nitrogens with one attached hydrogen (secondary N) is 1. The highest BCUT2D eigenvalue weighted by molar-refractivity contribution is 6.30. The number of ether oxygens (including phenoxy) is 1. The topological polar surface area (TPSA) is 62.1 Å². The summed E-state index contributed by atoms with van der Waals surface area (Å²) < 4.78 is 4.81. The van der Waals surface area contributed by atoms with Gasteiger partial charge in [0.05, 0.1) is 6.61 Å². The van der Waals surface area contributed by atoms with Crippen molar-refractivity contribution in [2.24, 2.45) is 0 Å². The molecule has 0 aliphatic rings. The summed E-state index contributed by atoms with van der Waals surface area (Å²) >= 11 is 5.82. The molecule has 0 saturated carbocycles. The summed E-state index contributed by atoms with van der Waals surface area (Å²) in [4.78, 5) is 11.6. The molecule has 1 rings (SSSR count). The molecule has 5 heteroatoms. The summed E-state index contributed by atoms with van der Waals surface area (Å²) in [6.07, 6.45) is 1.49. The van der Waals surface area contributed by atoms with E-state index in [0.29, 0.717) is 23.7 Å². The highest BCUT2D eigenvalue weighted by Gasteiger charge is 2.07. The molecule has 18 heavy (non-hydrogen) atoms. The third-order valence-electron chi connectivity index (χ3n) is 2.12. The quantitative estimate of drug-likeness (QED) is 0.503. The number of halogens is 1. The van der Waals surface area contributed by atoms with Crippen LogP contribution in [0, 0.1) is 11.3 Å². The maximum Gasteiger partial charge on any atom is 0.262 e. The van der Waals surface area contributed by atoms with Gasteiger partial charge in [-0.05, 0) is 23.8 Å². The van der Waals surface area contributed by atoms with E-state index in [0.717, 1.165) is 0 Å². The van der Waals surface area contributed by atoms with Gasteiger partial charge in [0.25, 0.3) is 5.91 Å². The van der Waals surface area contributed by atoms with Gasteiger partial charge >= 0.3 is 0 Å². The van der Waals surface area contributed by atoms with E-state index in [1.807, 2.05) is 6.07 Å². The van der Waals surface area contributed by atoms with E-state index in [2.05, 4.69) is 5.32 Å². The van der Waals surface area contributed by atoms with Crippen LogP contribution in [0.5, 0.6) is 0 Å². The first-order valence-corrected chi connectivity index (χ1v) is 5.69. The molecule has 1 amide bonds. The van der Waals surface area contributed by atoms with Gasteiger partial charge in [0, 0.05) is 18.7 Å². The minimum Gasteiger partial charge on any atom is -0.383 e. The van der Waals surface area contributed by atoms with Gasteiger partial charge in [-0.3, -0.25) is 4.79 Å². The summed E-state index contributed by atoms with van der Waals surface area (Å²) in [5, 5.41) is 12.1. The maximum absolute atomic E-state index is 11.6. The molecule has 0 heterocycles. The van der Waals surface area contributed by atoms with E-state index < -0.39 is 5.91 Å². The van der Waals surface area contributed by atoms with Gasteiger partial charge in [0.1, 0.15) is 11.6 Å². The van der Waals surface area contributed by atoms with Crippen molar-refractivity contribution >= 4 is 23.6 Å². The molecule has 0 aliphatic carbocycles. The highest BCUT2D eigenvalue weighted by atomic mass is 35.5. The number of nitrogens with zero attached hydrogens (tertiary/aromatic N) is 1. The van der Waals surface area contributed by atoms with Gasteiger partial charge < -0.3 is 10.1 Å². The first kappa shape index (κ1) is 14.2. The Balaban J connectivity index is 2.77.